The molecule has 0 unspecified atom stereocenters. The number of hydrogen-bond acceptors (Lipinski definition) is 0. The van der Waals surface area contributed by atoms with Gasteiger partial charge in [-0.1, -0.05) is 133 Å². The molecule has 47 heavy (non-hydrogen) atoms. The van der Waals surface area contributed by atoms with Crippen molar-refractivity contribution in [2.45, 2.75) is 0 Å². The normalized spacial score (nSPS) is 11.0. The zero-order valence-electron chi connectivity index (χ0n) is 25.8. The Balaban J connectivity index is 0.0000000948. The predicted octanol–water partition coefficient (Wildman–Crippen LogP) is 12.1. The van der Waals surface area contributed by atoms with E-state index >= 15 is 0 Å². The van der Waals surface area contributed by atoms with Crippen molar-refractivity contribution in [1.82, 2.24) is 15.0 Å². The zero-order chi connectivity index (χ0) is 31.4. The van der Waals surface area contributed by atoms with E-state index in [9.17, 15) is 0 Å². The molecule has 0 amide bonds. The maximum Gasteiger partial charge on any atom is 0.0464 e. The summed E-state index contributed by atoms with van der Waals surface area (Å²) in [5.41, 5.74) is 10.3. The van der Waals surface area contributed by atoms with E-state index in [4.69, 9.17) is 0 Å². The Bertz CT molecular complexity index is 2360. The highest BCUT2D eigenvalue weighted by Gasteiger charge is 2.19. The zero-order valence-corrected chi connectivity index (χ0v) is 25.8. The van der Waals surface area contributed by atoms with Crippen molar-refractivity contribution in [3.8, 4) is 22.3 Å². The first-order valence-corrected chi connectivity index (χ1v) is 15.9. The molecule has 224 valence electrons. The van der Waals surface area contributed by atoms with Crippen LogP contribution in [0.1, 0.15) is 0 Å². The van der Waals surface area contributed by atoms with Crippen LogP contribution in [-0.2, 0) is 0 Å². The van der Waals surface area contributed by atoms with Crippen LogP contribution < -0.4 is 0 Å². The molecular weight excluding hydrogens is 571 g/mol. The first kappa shape index (κ1) is 28.2. The van der Waals surface area contributed by atoms with E-state index in [2.05, 4.69) is 161 Å². The molecular formula is C44H33N3. The molecule has 3 nitrogen and oxygen atoms in total. The Morgan fingerprint density at radius 1 is 0.277 bits per heavy atom. The number of H-pyrrole nitrogens is 3. The van der Waals surface area contributed by atoms with Gasteiger partial charge < -0.3 is 15.0 Å². The van der Waals surface area contributed by atoms with Crippen LogP contribution in [0.25, 0.3) is 76.6 Å². The lowest BCUT2D eigenvalue weighted by molar-refractivity contribution is 1.48. The quantitative estimate of drug-likeness (QED) is 0.154. The van der Waals surface area contributed by atoms with E-state index in [-0.39, 0.29) is 0 Å². The van der Waals surface area contributed by atoms with Crippen molar-refractivity contribution < 1.29 is 0 Å². The summed E-state index contributed by atoms with van der Waals surface area (Å²) < 4.78 is 0. The van der Waals surface area contributed by atoms with Crippen LogP contribution in [0, 0.1) is 0 Å². The molecule has 0 saturated carbocycles. The van der Waals surface area contributed by atoms with Crippen LogP contribution in [0.4, 0.5) is 0 Å². The Morgan fingerprint density at radius 2 is 0.660 bits per heavy atom. The van der Waals surface area contributed by atoms with Crippen molar-refractivity contribution in [2.75, 3.05) is 0 Å². The summed E-state index contributed by atoms with van der Waals surface area (Å²) in [6.45, 7) is 0. The van der Waals surface area contributed by atoms with Crippen molar-refractivity contribution >= 4 is 54.4 Å². The maximum absolute atomic E-state index is 3.38. The van der Waals surface area contributed by atoms with Crippen LogP contribution in [-0.4, -0.2) is 15.0 Å². The van der Waals surface area contributed by atoms with Gasteiger partial charge in [-0.25, -0.2) is 0 Å². The number of rotatable bonds is 0. The third-order valence-corrected chi connectivity index (χ3v) is 8.75. The molecule has 3 heterocycles. The second-order valence-corrected chi connectivity index (χ2v) is 11.6. The minimum absolute atomic E-state index is 1.21. The predicted molar refractivity (Wildman–Crippen MR) is 201 cm³/mol. The van der Waals surface area contributed by atoms with Crippen LogP contribution in [0.15, 0.2) is 182 Å². The van der Waals surface area contributed by atoms with E-state index in [1.807, 2.05) is 36.7 Å². The average Bonchev–Trinajstić information content (AvgIpc) is 3.95. The lowest BCUT2D eigenvalue weighted by Gasteiger charge is -2.00. The third-order valence-electron chi connectivity index (χ3n) is 8.75. The molecule has 3 heteroatoms. The molecule has 0 aliphatic heterocycles. The number of aromatic nitrogens is 3. The van der Waals surface area contributed by atoms with Crippen LogP contribution >= 0.6 is 0 Å². The third kappa shape index (κ3) is 5.56. The second kappa shape index (κ2) is 12.6. The molecule has 7 aromatic carbocycles. The molecule has 10 aromatic rings. The standard InChI is InChI=1S/C16H10.C12H9N.2C8H7N/c1-2-8-13-12(7-1)14-9-3-5-11-6-4-10-15(13)16(11)14;1-3-7-11-9(5-1)10-6-2-4-8-12(10)13-11;2*1-2-4-8-7(3-1)5-6-9-8/h1-10H;1-8,13H;2*1-6,9H. The highest BCUT2D eigenvalue weighted by Crippen LogP contribution is 2.46. The monoisotopic (exact) mass is 603 g/mol. The molecule has 1 aliphatic carbocycles. The highest BCUT2D eigenvalue weighted by molar-refractivity contribution is 6.15. The molecule has 0 bridgehead atoms. The maximum atomic E-state index is 3.38. The molecule has 1 aliphatic rings. The number of benzene rings is 7. The summed E-state index contributed by atoms with van der Waals surface area (Å²) in [5.74, 6) is 0. The number of fused-ring (bicyclic) bond motifs is 8. The van der Waals surface area contributed by atoms with Crippen molar-refractivity contribution in [3.63, 3.8) is 0 Å². The van der Waals surface area contributed by atoms with E-state index < -0.39 is 0 Å². The first-order chi connectivity index (χ1) is 23.3. The van der Waals surface area contributed by atoms with Crippen LogP contribution in [0.2, 0.25) is 0 Å². The Hall–Kier alpha value is -6.32. The molecule has 0 fully saturated rings. The van der Waals surface area contributed by atoms with E-state index in [0.717, 1.165) is 0 Å². The number of aromatic amines is 3. The summed E-state index contributed by atoms with van der Waals surface area (Å²) in [6, 6.07) is 59.1. The summed E-state index contributed by atoms with van der Waals surface area (Å²) in [5, 5.41) is 7.91. The minimum atomic E-state index is 1.21. The van der Waals surface area contributed by atoms with E-state index in [1.165, 1.54) is 76.6 Å². The molecule has 0 atom stereocenters. The van der Waals surface area contributed by atoms with Gasteiger partial charge in [-0.05, 0) is 80.2 Å². The smallest absolute Gasteiger partial charge is 0.0464 e. The van der Waals surface area contributed by atoms with Crippen molar-refractivity contribution in [1.29, 1.82) is 0 Å². The number of para-hydroxylation sites is 4. The molecule has 11 rings (SSSR count). The highest BCUT2D eigenvalue weighted by atomic mass is 14.7. The summed E-state index contributed by atoms with van der Waals surface area (Å²) >= 11 is 0. The van der Waals surface area contributed by atoms with Gasteiger partial charge in [0.05, 0.1) is 0 Å². The Morgan fingerprint density at radius 3 is 1.15 bits per heavy atom. The van der Waals surface area contributed by atoms with E-state index in [1.54, 1.807) is 0 Å². The fourth-order valence-corrected chi connectivity index (χ4v) is 6.53. The second-order valence-electron chi connectivity index (χ2n) is 11.6. The SMILES string of the molecule is c1ccc2[nH]ccc2c1.c1ccc2[nH]ccc2c1.c1ccc2c(c1)-c1cccc3cccc-2c13.c1ccc2c(c1)[nH]c1ccccc12. The lowest BCUT2D eigenvalue weighted by Crippen LogP contribution is -1.73. The van der Waals surface area contributed by atoms with Gasteiger partial charge in [-0.3, -0.25) is 0 Å². The lowest BCUT2D eigenvalue weighted by atomic mass is 10.0. The van der Waals surface area contributed by atoms with E-state index in [0.29, 0.717) is 0 Å². The van der Waals surface area contributed by atoms with Crippen LogP contribution in [0.3, 0.4) is 0 Å². The molecule has 0 saturated heterocycles. The van der Waals surface area contributed by atoms with Gasteiger partial charge in [0, 0.05) is 45.2 Å². The van der Waals surface area contributed by atoms with Gasteiger partial charge in [0.2, 0.25) is 0 Å². The summed E-state index contributed by atoms with van der Waals surface area (Å²) in [6.07, 6.45) is 3.90. The topological polar surface area (TPSA) is 47.4 Å². The fourth-order valence-electron chi connectivity index (χ4n) is 6.53. The van der Waals surface area contributed by atoms with Gasteiger partial charge in [0.15, 0.2) is 0 Å². The molecule has 0 radical (unpaired) electrons. The molecule has 3 aromatic heterocycles. The minimum Gasteiger partial charge on any atom is -0.361 e. The van der Waals surface area contributed by atoms with Gasteiger partial charge in [0.25, 0.3) is 0 Å². The van der Waals surface area contributed by atoms with Crippen LogP contribution in [0.5, 0.6) is 0 Å². The summed E-state index contributed by atoms with van der Waals surface area (Å²) in [7, 11) is 0. The Kier molecular flexibility index (Phi) is 7.54. The average molecular weight is 604 g/mol. The largest absolute Gasteiger partial charge is 0.361 e. The van der Waals surface area contributed by atoms with Gasteiger partial charge >= 0.3 is 0 Å². The van der Waals surface area contributed by atoms with Crippen molar-refractivity contribution in [2.24, 2.45) is 0 Å². The van der Waals surface area contributed by atoms with Gasteiger partial charge in [-0.15, -0.1) is 0 Å². The number of nitrogens with one attached hydrogen (secondary N) is 3. The van der Waals surface area contributed by atoms with Crippen molar-refractivity contribution in [3.05, 3.63) is 182 Å². The van der Waals surface area contributed by atoms with Gasteiger partial charge in [0.1, 0.15) is 0 Å². The fraction of sp³-hybridized carbons (Fsp3) is 0. The first-order valence-electron chi connectivity index (χ1n) is 15.9. The Labute approximate surface area is 273 Å². The number of hydrogen-bond donors (Lipinski definition) is 3. The van der Waals surface area contributed by atoms with Gasteiger partial charge in [-0.2, -0.15) is 0 Å². The summed E-state index contributed by atoms with van der Waals surface area (Å²) in [4.78, 5) is 9.62. The molecule has 0 spiro atoms. The molecule has 3 N–H and O–H groups in total.